The van der Waals surface area contributed by atoms with Gasteiger partial charge in [0.2, 0.25) is 0 Å². The molecule has 2 aliphatic carbocycles. The number of amides is 2. The van der Waals surface area contributed by atoms with Gasteiger partial charge in [-0.1, -0.05) is 26.2 Å². The quantitative estimate of drug-likeness (QED) is 0.736. The summed E-state index contributed by atoms with van der Waals surface area (Å²) in [5, 5.41) is 15.7. The first-order valence-electron chi connectivity index (χ1n) is 7.86. The zero-order valence-corrected chi connectivity index (χ0v) is 12.0. The number of hydrogen-bond donors (Lipinski definition) is 3. The molecular weight excluding hydrogens is 240 g/mol. The van der Waals surface area contributed by atoms with Crippen LogP contribution in [0.3, 0.4) is 0 Å². The number of carbonyl (C=O) groups is 1. The fourth-order valence-corrected chi connectivity index (χ4v) is 3.49. The van der Waals surface area contributed by atoms with Crippen LogP contribution in [-0.2, 0) is 0 Å². The van der Waals surface area contributed by atoms with E-state index in [2.05, 4.69) is 17.6 Å². The molecule has 19 heavy (non-hydrogen) atoms. The van der Waals surface area contributed by atoms with Crippen molar-refractivity contribution in [3.63, 3.8) is 0 Å². The fraction of sp³-hybridized carbons (Fsp3) is 0.933. The summed E-state index contributed by atoms with van der Waals surface area (Å²) in [5.74, 6) is 1.17. The minimum Gasteiger partial charge on any atom is -0.393 e. The minimum absolute atomic E-state index is 0.0286. The Morgan fingerprint density at radius 2 is 1.95 bits per heavy atom. The van der Waals surface area contributed by atoms with Crippen molar-refractivity contribution in [1.82, 2.24) is 10.6 Å². The van der Waals surface area contributed by atoms with E-state index in [4.69, 9.17) is 0 Å². The Balaban J connectivity index is 1.63. The monoisotopic (exact) mass is 268 g/mol. The number of aliphatic hydroxyl groups is 1. The van der Waals surface area contributed by atoms with Gasteiger partial charge in [0.15, 0.2) is 0 Å². The average Bonchev–Trinajstić information content (AvgIpc) is 2.36. The van der Waals surface area contributed by atoms with Crippen LogP contribution in [0.4, 0.5) is 4.79 Å². The van der Waals surface area contributed by atoms with Crippen LogP contribution in [0.1, 0.15) is 58.3 Å². The van der Waals surface area contributed by atoms with E-state index < -0.39 is 0 Å². The van der Waals surface area contributed by atoms with Gasteiger partial charge in [-0.2, -0.15) is 0 Å². The van der Waals surface area contributed by atoms with Crippen LogP contribution < -0.4 is 10.6 Å². The van der Waals surface area contributed by atoms with Crippen LogP contribution in [0.2, 0.25) is 0 Å². The molecule has 0 aromatic heterocycles. The molecule has 4 nitrogen and oxygen atoms in total. The van der Waals surface area contributed by atoms with Crippen LogP contribution in [0, 0.1) is 11.8 Å². The zero-order chi connectivity index (χ0) is 13.7. The Bertz CT molecular complexity index is 296. The third-order valence-electron chi connectivity index (χ3n) is 4.58. The Morgan fingerprint density at radius 1 is 1.16 bits per heavy atom. The van der Waals surface area contributed by atoms with E-state index >= 15 is 0 Å². The van der Waals surface area contributed by atoms with Gasteiger partial charge in [0.1, 0.15) is 0 Å². The van der Waals surface area contributed by atoms with Crippen LogP contribution in [0.25, 0.3) is 0 Å². The summed E-state index contributed by atoms with van der Waals surface area (Å²) in [5.41, 5.74) is 0. The predicted molar refractivity (Wildman–Crippen MR) is 75.9 cm³/mol. The van der Waals surface area contributed by atoms with Gasteiger partial charge in [-0.25, -0.2) is 4.79 Å². The molecule has 0 bridgehead atoms. The second kappa shape index (κ2) is 7.13. The fourth-order valence-electron chi connectivity index (χ4n) is 3.49. The molecule has 110 valence electrons. The Labute approximate surface area is 116 Å². The second-order valence-corrected chi connectivity index (χ2v) is 6.51. The molecule has 0 spiro atoms. The minimum atomic E-state index is -0.164. The van der Waals surface area contributed by atoms with Crippen LogP contribution in [0.5, 0.6) is 0 Å². The molecule has 0 aliphatic heterocycles. The smallest absolute Gasteiger partial charge is 0.315 e. The molecule has 3 N–H and O–H groups in total. The Kier molecular flexibility index (Phi) is 5.49. The van der Waals surface area contributed by atoms with Gasteiger partial charge in [-0.3, -0.25) is 0 Å². The summed E-state index contributed by atoms with van der Waals surface area (Å²) in [6.07, 6.45) is 8.52. The predicted octanol–water partition coefficient (Wildman–Crippen LogP) is 2.42. The van der Waals surface area contributed by atoms with E-state index in [0.717, 1.165) is 44.4 Å². The normalized spacial score (nSPS) is 35.7. The van der Waals surface area contributed by atoms with Gasteiger partial charge in [-0.05, 0) is 43.9 Å². The van der Waals surface area contributed by atoms with E-state index in [9.17, 15) is 9.90 Å². The van der Waals surface area contributed by atoms with E-state index in [1.807, 2.05) is 0 Å². The van der Waals surface area contributed by atoms with Crippen LogP contribution in [0.15, 0.2) is 0 Å². The van der Waals surface area contributed by atoms with E-state index in [-0.39, 0.29) is 12.1 Å². The molecule has 0 saturated heterocycles. The number of hydrogen-bond acceptors (Lipinski definition) is 2. The van der Waals surface area contributed by atoms with Gasteiger partial charge < -0.3 is 15.7 Å². The Morgan fingerprint density at radius 3 is 2.68 bits per heavy atom. The standard InChI is InChI=1S/C15H28N2O2/c1-11-4-2-6-13(8-11)17-15(19)16-10-12-5-3-7-14(18)9-12/h11-14,18H,2-10H2,1H3,(H2,16,17,19). The maximum Gasteiger partial charge on any atom is 0.315 e. The molecule has 2 aliphatic rings. The number of aliphatic hydroxyl groups excluding tert-OH is 1. The van der Waals surface area contributed by atoms with Crippen molar-refractivity contribution in [2.45, 2.75) is 70.4 Å². The average molecular weight is 268 g/mol. The summed E-state index contributed by atoms with van der Waals surface area (Å²) in [6, 6.07) is 0.319. The first-order valence-corrected chi connectivity index (χ1v) is 7.86. The molecule has 0 aromatic carbocycles. The third kappa shape index (κ3) is 5.01. The molecule has 4 heteroatoms. The van der Waals surface area contributed by atoms with E-state index in [1.165, 1.54) is 12.8 Å². The van der Waals surface area contributed by atoms with Crippen molar-refractivity contribution >= 4 is 6.03 Å². The Hall–Kier alpha value is -0.770. The molecule has 0 heterocycles. The van der Waals surface area contributed by atoms with Gasteiger partial charge in [0.25, 0.3) is 0 Å². The van der Waals surface area contributed by atoms with Crippen molar-refractivity contribution in [2.24, 2.45) is 11.8 Å². The van der Waals surface area contributed by atoms with Gasteiger partial charge >= 0.3 is 6.03 Å². The molecule has 2 amide bonds. The molecule has 0 radical (unpaired) electrons. The van der Waals surface area contributed by atoms with Crippen LogP contribution in [-0.4, -0.2) is 29.8 Å². The number of nitrogens with one attached hydrogen (secondary N) is 2. The second-order valence-electron chi connectivity index (χ2n) is 6.51. The lowest BCUT2D eigenvalue weighted by Crippen LogP contribution is -2.45. The summed E-state index contributed by atoms with van der Waals surface area (Å²) in [4.78, 5) is 11.9. The molecule has 2 saturated carbocycles. The van der Waals surface area contributed by atoms with Crippen molar-refractivity contribution in [2.75, 3.05) is 6.54 Å². The molecule has 0 aromatic rings. The highest BCUT2D eigenvalue weighted by Crippen LogP contribution is 2.24. The molecular formula is C15H28N2O2. The first kappa shape index (κ1) is 14.6. The number of carbonyl (C=O) groups excluding carboxylic acids is 1. The maximum absolute atomic E-state index is 11.9. The third-order valence-corrected chi connectivity index (χ3v) is 4.58. The SMILES string of the molecule is CC1CCCC(NC(=O)NCC2CCCC(O)C2)C1. The first-order chi connectivity index (χ1) is 9.13. The van der Waals surface area contributed by atoms with Crippen molar-refractivity contribution in [3.05, 3.63) is 0 Å². The molecule has 2 rings (SSSR count). The molecule has 2 fully saturated rings. The molecule has 4 unspecified atom stereocenters. The lowest BCUT2D eigenvalue weighted by Gasteiger charge is -2.29. The topological polar surface area (TPSA) is 61.4 Å². The lowest BCUT2D eigenvalue weighted by molar-refractivity contribution is 0.101. The number of rotatable bonds is 3. The lowest BCUT2D eigenvalue weighted by atomic mass is 9.87. The van der Waals surface area contributed by atoms with E-state index in [1.54, 1.807) is 0 Å². The highest BCUT2D eigenvalue weighted by Gasteiger charge is 2.22. The van der Waals surface area contributed by atoms with Crippen molar-refractivity contribution in [1.29, 1.82) is 0 Å². The van der Waals surface area contributed by atoms with Gasteiger partial charge in [0, 0.05) is 12.6 Å². The van der Waals surface area contributed by atoms with Gasteiger partial charge in [-0.15, -0.1) is 0 Å². The largest absolute Gasteiger partial charge is 0.393 e. The van der Waals surface area contributed by atoms with Crippen molar-refractivity contribution < 1.29 is 9.90 Å². The highest BCUT2D eigenvalue weighted by molar-refractivity contribution is 5.74. The summed E-state index contributed by atoms with van der Waals surface area (Å²) in [6.45, 7) is 2.96. The summed E-state index contributed by atoms with van der Waals surface area (Å²) in [7, 11) is 0. The summed E-state index contributed by atoms with van der Waals surface area (Å²) < 4.78 is 0. The number of urea groups is 1. The maximum atomic E-state index is 11.9. The van der Waals surface area contributed by atoms with Crippen molar-refractivity contribution in [3.8, 4) is 0 Å². The zero-order valence-electron chi connectivity index (χ0n) is 12.0. The highest BCUT2D eigenvalue weighted by atomic mass is 16.3. The van der Waals surface area contributed by atoms with Gasteiger partial charge in [0.05, 0.1) is 6.10 Å². The van der Waals surface area contributed by atoms with E-state index in [0.29, 0.717) is 18.5 Å². The summed E-state index contributed by atoms with van der Waals surface area (Å²) >= 11 is 0. The molecule has 4 atom stereocenters. The van der Waals surface area contributed by atoms with Crippen LogP contribution >= 0.6 is 0 Å².